The number of furan rings is 1. The Bertz CT molecular complexity index is 537. The van der Waals surface area contributed by atoms with Crippen molar-refractivity contribution >= 4 is 29.9 Å². The SMILES string of the molecule is CCNC(=NCC(C)(O)c1ccco1)NCC(C)N1CCOCC1C.I. The minimum atomic E-state index is -1.13. The van der Waals surface area contributed by atoms with Gasteiger partial charge in [0.1, 0.15) is 11.4 Å². The molecule has 1 fully saturated rings. The summed E-state index contributed by atoms with van der Waals surface area (Å²) >= 11 is 0. The second-order valence-corrected chi connectivity index (χ2v) is 6.84. The number of aliphatic imine (C=N–C) groups is 1. The third-order valence-corrected chi connectivity index (χ3v) is 4.49. The second-order valence-electron chi connectivity index (χ2n) is 6.84. The first kappa shape index (κ1) is 23.2. The molecule has 1 aliphatic rings. The van der Waals surface area contributed by atoms with Crippen LogP contribution in [0.3, 0.4) is 0 Å². The third kappa shape index (κ3) is 6.71. The maximum atomic E-state index is 10.5. The van der Waals surface area contributed by atoms with Gasteiger partial charge in [0.25, 0.3) is 0 Å². The van der Waals surface area contributed by atoms with Crippen LogP contribution in [-0.2, 0) is 10.3 Å². The van der Waals surface area contributed by atoms with Gasteiger partial charge in [-0.1, -0.05) is 0 Å². The molecule has 7 nitrogen and oxygen atoms in total. The fourth-order valence-electron chi connectivity index (χ4n) is 2.99. The van der Waals surface area contributed by atoms with Crippen LogP contribution in [0.1, 0.15) is 33.5 Å². The lowest BCUT2D eigenvalue weighted by Crippen LogP contribution is -2.53. The molecule has 0 saturated carbocycles. The second kappa shape index (κ2) is 11.1. The minimum absolute atomic E-state index is 0. The Morgan fingerprint density at radius 3 is 2.88 bits per heavy atom. The van der Waals surface area contributed by atoms with E-state index < -0.39 is 5.60 Å². The highest BCUT2D eigenvalue weighted by molar-refractivity contribution is 14.0. The number of nitrogens with zero attached hydrogens (tertiary/aromatic N) is 2. The molecule has 3 N–H and O–H groups in total. The van der Waals surface area contributed by atoms with E-state index in [0.717, 1.165) is 32.8 Å². The topological polar surface area (TPSA) is 82.3 Å². The summed E-state index contributed by atoms with van der Waals surface area (Å²) in [5.41, 5.74) is -1.13. The van der Waals surface area contributed by atoms with E-state index in [0.29, 0.717) is 23.8 Å². The van der Waals surface area contributed by atoms with E-state index >= 15 is 0 Å². The van der Waals surface area contributed by atoms with Gasteiger partial charge in [-0.2, -0.15) is 0 Å². The molecule has 8 heteroatoms. The Balaban J connectivity index is 0.00000338. The maximum Gasteiger partial charge on any atom is 0.191 e. The highest BCUT2D eigenvalue weighted by Crippen LogP contribution is 2.21. The van der Waals surface area contributed by atoms with E-state index in [9.17, 15) is 5.11 Å². The molecule has 2 heterocycles. The first-order valence-electron chi connectivity index (χ1n) is 9.06. The Morgan fingerprint density at radius 2 is 2.27 bits per heavy atom. The third-order valence-electron chi connectivity index (χ3n) is 4.49. The molecule has 1 aliphatic heterocycles. The number of nitrogens with one attached hydrogen (secondary N) is 2. The molecule has 0 aromatic carbocycles. The van der Waals surface area contributed by atoms with Gasteiger partial charge in [0.05, 0.1) is 26.0 Å². The molecule has 150 valence electrons. The van der Waals surface area contributed by atoms with Crippen LogP contribution in [0, 0.1) is 0 Å². The van der Waals surface area contributed by atoms with Gasteiger partial charge in [0.15, 0.2) is 5.96 Å². The number of guanidine groups is 1. The molecule has 1 aromatic heterocycles. The first-order chi connectivity index (χ1) is 11.9. The number of hydrogen-bond donors (Lipinski definition) is 3. The normalized spacial score (nSPS) is 22.2. The van der Waals surface area contributed by atoms with Gasteiger partial charge in [0, 0.05) is 31.7 Å². The van der Waals surface area contributed by atoms with Crippen LogP contribution in [0.25, 0.3) is 0 Å². The van der Waals surface area contributed by atoms with Gasteiger partial charge < -0.3 is 24.9 Å². The molecule has 1 saturated heterocycles. The fourth-order valence-corrected chi connectivity index (χ4v) is 2.99. The van der Waals surface area contributed by atoms with E-state index in [1.165, 1.54) is 0 Å². The van der Waals surface area contributed by atoms with Crippen molar-refractivity contribution in [3.05, 3.63) is 24.2 Å². The number of rotatable bonds is 7. The Kier molecular flexibility index (Phi) is 9.91. The smallest absolute Gasteiger partial charge is 0.191 e. The molecular weight excluding hydrogens is 447 g/mol. The largest absolute Gasteiger partial charge is 0.466 e. The van der Waals surface area contributed by atoms with Gasteiger partial charge in [-0.15, -0.1) is 24.0 Å². The van der Waals surface area contributed by atoms with E-state index in [4.69, 9.17) is 9.15 Å². The van der Waals surface area contributed by atoms with Gasteiger partial charge in [-0.05, 0) is 39.8 Å². The maximum absolute atomic E-state index is 10.5. The molecule has 0 bridgehead atoms. The van der Waals surface area contributed by atoms with Gasteiger partial charge >= 0.3 is 0 Å². The molecule has 0 amide bonds. The number of morpholine rings is 1. The summed E-state index contributed by atoms with van der Waals surface area (Å²) in [5, 5.41) is 17.1. The predicted octanol–water partition coefficient (Wildman–Crippen LogP) is 1.77. The molecule has 2 rings (SSSR count). The molecular formula is C18H33IN4O3. The summed E-state index contributed by atoms with van der Waals surface area (Å²) in [6.45, 7) is 12.4. The van der Waals surface area contributed by atoms with Gasteiger partial charge in [-0.25, -0.2) is 4.99 Å². The number of hydrogen-bond acceptors (Lipinski definition) is 5. The summed E-state index contributed by atoms with van der Waals surface area (Å²) in [4.78, 5) is 6.96. The minimum Gasteiger partial charge on any atom is -0.466 e. The van der Waals surface area contributed by atoms with E-state index in [1.54, 1.807) is 25.3 Å². The average molecular weight is 480 g/mol. The fraction of sp³-hybridized carbons (Fsp3) is 0.722. The summed E-state index contributed by atoms with van der Waals surface area (Å²) in [6.07, 6.45) is 1.56. The van der Waals surface area contributed by atoms with Crippen molar-refractivity contribution in [3.8, 4) is 0 Å². The van der Waals surface area contributed by atoms with Gasteiger partial charge in [0.2, 0.25) is 0 Å². The number of halogens is 1. The molecule has 26 heavy (non-hydrogen) atoms. The van der Waals surface area contributed by atoms with Crippen LogP contribution in [0.5, 0.6) is 0 Å². The molecule has 3 unspecified atom stereocenters. The van der Waals surface area contributed by atoms with Crippen molar-refractivity contribution < 1.29 is 14.3 Å². The van der Waals surface area contributed by atoms with Crippen LogP contribution in [0.15, 0.2) is 27.8 Å². The summed E-state index contributed by atoms with van der Waals surface area (Å²) in [6, 6.07) is 4.32. The lowest BCUT2D eigenvalue weighted by Gasteiger charge is -2.38. The monoisotopic (exact) mass is 480 g/mol. The van der Waals surface area contributed by atoms with E-state index in [1.807, 2.05) is 6.92 Å². The van der Waals surface area contributed by atoms with Crippen LogP contribution in [0.2, 0.25) is 0 Å². The lowest BCUT2D eigenvalue weighted by atomic mass is 10.0. The van der Waals surface area contributed by atoms with Crippen molar-refractivity contribution in [2.24, 2.45) is 4.99 Å². The van der Waals surface area contributed by atoms with E-state index in [2.05, 4.69) is 34.4 Å². The molecule has 0 spiro atoms. The summed E-state index contributed by atoms with van der Waals surface area (Å²) in [5.74, 6) is 1.21. The van der Waals surface area contributed by atoms with Crippen LogP contribution in [-0.4, -0.2) is 67.4 Å². The Hall–Kier alpha value is -0.840. The predicted molar refractivity (Wildman–Crippen MR) is 114 cm³/mol. The average Bonchev–Trinajstić information content (AvgIpc) is 3.13. The zero-order chi connectivity index (χ0) is 18.3. The van der Waals surface area contributed by atoms with Crippen molar-refractivity contribution in [2.75, 3.05) is 39.4 Å². The molecule has 1 aromatic rings. The lowest BCUT2D eigenvalue weighted by molar-refractivity contribution is -0.0174. The van der Waals surface area contributed by atoms with Crippen LogP contribution >= 0.6 is 24.0 Å². The van der Waals surface area contributed by atoms with Crippen molar-refractivity contribution in [1.82, 2.24) is 15.5 Å². The van der Waals surface area contributed by atoms with E-state index in [-0.39, 0.29) is 30.5 Å². The van der Waals surface area contributed by atoms with Crippen molar-refractivity contribution in [1.29, 1.82) is 0 Å². The zero-order valence-corrected chi connectivity index (χ0v) is 18.5. The standard InChI is InChI=1S/C18H32N4O3.HI/c1-5-19-17(21-13-18(4,23)16-7-6-9-25-16)20-11-14(2)22-8-10-24-12-15(22)3;/h6-7,9,14-15,23H,5,8,10-13H2,1-4H3,(H2,19,20,21);1H. The zero-order valence-electron chi connectivity index (χ0n) is 16.2. The van der Waals surface area contributed by atoms with Crippen molar-refractivity contribution in [3.63, 3.8) is 0 Å². The molecule has 0 radical (unpaired) electrons. The summed E-state index contributed by atoms with van der Waals surface area (Å²) in [7, 11) is 0. The Labute approximate surface area is 173 Å². The van der Waals surface area contributed by atoms with Gasteiger partial charge in [-0.3, -0.25) is 4.90 Å². The Morgan fingerprint density at radius 1 is 1.50 bits per heavy atom. The highest BCUT2D eigenvalue weighted by atomic mass is 127. The number of aliphatic hydroxyl groups is 1. The molecule has 0 aliphatic carbocycles. The highest BCUT2D eigenvalue weighted by Gasteiger charge is 2.26. The van der Waals surface area contributed by atoms with Crippen LogP contribution in [0.4, 0.5) is 0 Å². The van der Waals surface area contributed by atoms with Crippen molar-refractivity contribution in [2.45, 2.75) is 45.4 Å². The number of ether oxygens (including phenoxy) is 1. The molecule has 3 atom stereocenters. The quantitative estimate of drug-likeness (QED) is 0.314. The summed E-state index contributed by atoms with van der Waals surface area (Å²) < 4.78 is 10.8. The first-order valence-corrected chi connectivity index (χ1v) is 9.06. The van der Waals surface area contributed by atoms with Crippen LogP contribution < -0.4 is 10.6 Å².